The average Bonchev–Trinajstić information content (AvgIpc) is 2.86. The van der Waals surface area contributed by atoms with Crippen molar-refractivity contribution in [3.05, 3.63) is 0 Å². The predicted octanol–water partition coefficient (Wildman–Crippen LogP) is 1.68. The van der Waals surface area contributed by atoms with Gasteiger partial charge < -0.3 is 10.4 Å². The molecule has 0 radical (unpaired) electrons. The summed E-state index contributed by atoms with van der Waals surface area (Å²) in [6.07, 6.45) is 8.93. The summed E-state index contributed by atoms with van der Waals surface area (Å²) in [5, 5.41) is 13.0. The van der Waals surface area contributed by atoms with Gasteiger partial charge >= 0.3 is 0 Å². The molecule has 76 valence electrons. The SMILES string of the molecule is O[C@@H]1CCC[C@H]1NCCCC1CC1. The van der Waals surface area contributed by atoms with E-state index in [-0.39, 0.29) is 6.10 Å². The zero-order chi connectivity index (χ0) is 9.10. The standard InChI is InChI=1S/C11H21NO/c13-11-5-1-4-10(11)12-8-2-3-9-6-7-9/h9-13H,1-8H2/t10-,11-/m1/s1. The number of rotatable bonds is 5. The molecule has 2 heteroatoms. The van der Waals surface area contributed by atoms with E-state index in [0.717, 1.165) is 18.9 Å². The van der Waals surface area contributed by atoms with Crippen LogP contribution in [0, 0.1) is 5.92 Å². The van der Waals surface area contributed by atoms with Gasteiger partial charge in [0.15, 0.2) is 0 Å². The van der Waals surface area contributed by atoms with Crippen molar-refractivity contribution in [2.24, 2.45) is 5.92 Å². The highest BCUT2D eigenvalue weighted by Gasteiger charge is 2.24. The van der Waals surface area contributed by atoms with Gasteiger partial charge in [0, 0.05) is 6.04 Å². The molecule has 0 aliphatic heterocycles. The van der Waals surface area contributed by atoms with Crippen LogP contribution >= 0.6 is 0 Å². The Bertz CT molecular complexity index is 156. The van der Waals surface area contributed by atoms with Gasteiger partial charge in [0.05, 0.1) is 6.10 Å². The van der Waals surface area contributed by atoms with Gasteiger partial charge in [0.25, 0.3) is 0 Å². The summed E-state index contributed by atoms with van der Waals surface area (Å²) in [7, 11) is 0. The largest absolute Gasteiger partial charge is 0.392 e. The van der Waals surface area contributed by atoms with Crippen LogP contribution in [0.15, 0.2) is 0 Å². The van der Waals surface area contributed by atoms with Gasteiger partial charge in [0.2, 0.25) is 0 Å². The first-order valence-corrected chi connectivity index (χ1v) is 5.78. The van der Waals surface area contributed by atoms with Crippen molar-refractivity contribution in [3.63, 3.8) is 0 Å². The summed E-state index contributed by atoms with van der Waals surface area (Å²) in [4.78, 5) is 0. The first-order chi connectivity index (χ1) is 6.36. The van der Waals surface area contributed by atoms with Crippen LogP contribution < -0.4 is 5.32 Å². The minimum absolute atomic E-state index is 0.0686. The van der Waals surface area contributed by atoms with Crippen molar-refractivity contribution in [2.45, 2.75) is 57.1 Å². The Kier molecular flexibility index (Phi) is 3.23. The molecule has 0 heterocycles. The Morgan fingerprint density at radius 3 is 2.62 bits per heavy atom. The predicted molar refractivity (Wildman–Crippen MR) is 53.6 cm³/mol. The van der Waals surface area contributed by atoms with E-state index in [2.05, 4.69) is 5.32 Å². The second kappa shape index (κ2) is 4.43. The summed E-state index contributed by atoms with van der Waals surface area (Å²) in [6.45, 7) is 1.11. The van der Waals surface area contributed by atoms with Crippen molar-refractivity contribution in [2.75, 3.05) is 6.54 Å². The quantitative estimate of drug-likeness (QED) is 0.636. The molecule has 2 atom stereocenters. The van der Waals surface area contributed by atoms with Crippen molar-refractivity contribution < 1.29 is 5.11 Å². The van der Waals surface area contributed by atoms with E-state index < -0.39 is 0 Å². The maximum Gasteiger partial charge on any atom is 0.0693 e. The zero-order valence-corrected chi connectivity index (χ0v) is 8.34. The smallest absolute Gasteiger partial charge is 0.0693 e. The minimum atomic E-state index is -0.0686. The van der Waals surface area contributed by atoms with Gasteiger partial charge in [-0.1, -0.05) is 12.8 Å². The van der Waals surface area contributed by atoms with Gasteiger partial charge in [-0.3, -0.25) is 0 Å². The second-order valence-electron chi connectivity index (χ2n) is 4.64. The fourth-order valence-electron chi connectivity index (χ4n) is 2.26. The van der Waals surface area contributed by atoms with Crippen molar-refractivity contribution in [3.8, 4) is 0 Å². The van der Waals surface area contributed by atoms with E-state index in [0.29, 0.717) is 6.04 Å². The lowest BCUT2D eigenvalue weighted by Gasteiger charge is -2.15. The highest BCUT2D eigenvalue weighted by molar-refractivity contribution is 4.82. The molecule has 2 aliphatic rings. The lowest BCUT2D eigenvalue weighted by molar-refractivity contribution is 0.149. The molecule has 0 aromatic heterocycles. The van der Waals surface area contributed by atoms with Crippen molar-refractivity contribution in [1.29, 1.82) is 0 Å². The molecule has 0 amide bonds. The lowest BCUT2D eigenvalue weighted by Crippen LogP contribution is -2.36. The first kappa shape index (κ1) is 9.47. The Morgan fingerprint density at radius 1 is 1.15 bits per heavy atom. The monoisotopic (exact) mass is 183 g/mol. The fraction of sp³-hybridized carbons (Fsp3) is 1.00. The number of hydrogen-bond donors (Lipinski definition) is 2. The molecule has 0 saturated heterocycles. The van der Waals surface area contributed by atoms with Crippen LogP contribution in [0.25, 0.3) is 0 Å². The van der Waals surface area contributed by atoms with Crippen LogP contribution in [0.3, 0.4) is 0 Å². The first-order valence-electron chi connectivity index (χ1n) is 5.78. The van der Waals surface area contributed by atoms with Crippen LogP contribution in [0.4, 0.5) is 0 Å². The van der Waals surface area contributed by atoms with Gasteiger partial charge in [-0.25, -0.2) is 0 Å². The molecular weight excluding hydrogens is 162 g/mol. The van der Waals surface area contributed by atoms with Crippen LogP contribution in [-0.4, -0.2) is 23.8 Å². The number of nitrogens with one attached hydrogen (secondary N) is 1. The molecule has 2 fully saturated rings. The molecule has 2 nitrogen and oxygen atoms in total. The highest BCUT2D eigenvalue weighted by Crippen LogP contribution is 2.33. The number of hydrogen-bond acceptors (Lipinski definition) is 2. The van der Waals surface area contributed by atoms with E-state index in [1.807, 2.05) is 0 Å². The molecular formula is C11H21NO. The molecule has 2 saturated carbocycles. The molecule has 13 heavy (non-hydrogen) atoms. The van der Waals surface area contributed by atoms with E-state index in [9.17, 15) is 5.11 Å². The third-order valence-electron chi connectivity index (χ3n) is 3.37. The van der Waals surface area contributed by atoms with Gasteiger partial charge in [0.1, 0.15) is 0 Å². The number of aliphatic hydroxyl groups is 1. The van der Waals surface area contributed by atoms with Crippen LogP contribution in [0.1, 0.15) is 44.9 Å². The highest BCUT2D eigenvalue weighted by atomic mass is 16.3. The van der Waals surface area contributed by atoms with Crippen LogP contribution in [-0.2, 0) is 0 Å². The second-order valence-corrected chi connectivity index (χ2v) is 4.64. The average molecular weight is 183 g/mol. The Hall–Kier alpha value is -0.0800. The molecule has 0 bridgehead atoms. The maximum atomic E-state index is 9.55. The molecule has 0 aromatic carbocycles. The van der Waals surface area contributed by atoms with E-state index in [1.165, 1.54) is 38.5 Å². The summed E-state index contributed by atoms with van der Waals surface area (Å²) < 4.78 is 0. The van der Waals surface area contributed by atoms with E-state index >= 15 is 0 Å². The lowest BCUT2D eigenvalue weighted by atomic mass is 10.2. The normalized spacial score (nSPS) is 33.9. The molecule has 0 aromatic rings. The Balaban J connectivity index is 1.51. The summed E-state index contributed by atoms with van der Waals surface area (Å²) >= 11 is 0. The third kappa shape index (κ3) is 2.96. The fourth-order valence-corrected chi connectivity index (χ4v) is 2.26. The zero-order valence-electron chi connectivity index (χ0n) is 8.34. The summed E-state index contributed by atoms with van der Waals surface area (Å²) in [5.74, 6) is 1.05. The van der Waals surface area contributed by atoms with E-state index in [1.54, 1.807) is 0 Å². The van der Waals surface area contributed by atoms with Crippen molar-refractivity contribution in [1.82, 2.24) is 5.32 Å². The Morgan fingerprint density at radius 2 is 2.00 bits per heavy atom. The summed E-state index contributed by atoms with van der Waals surface area (Å²) in [6, 6.07) is 0.402. The topological polar surface area (TPSA) is 32.3 Å². The third-order valence-corrected chi connectivity index (χ3v) is 3.37. The van der Waals surface area contributed by atoms with Crippen LogP contribution in [0.5, 0.6) is 0 Å². The van der Waals surface area contributed by atoms with Gasteiger partial charge in [-0.15, -0.1) is 0 Å². The maximum absolute atomic E-state index is 9.55. The Labute approximate surface area is 80.7 Å². The van der Waals surface area contributed by atoms with Gasteiger partial charge in [-0.2, -0.15) is 0 Å². The van der Waals surface area contributed by atoms with Crippen LogP contribution in [0.2, 0.25) is 0 Å². The minimum Gasteiger partial charge on any atom is -0.392 e. The molecule has 2 aliphatic carbocycles. The molecule has 0 unspecified atom stereocenters. The van der Waals surface area contributed by atoms with Gasteiger partial charge in [-0.05, 0) is 44.6 Å². The molecule has 0 spiro atoms. The number of aliphatic hydroxyl groups excluding tert-OH is 1. The molecule has 2 N–H and O–H groups in total. The van der Waals surface area contributed by atoms with Crippen molar-refractivity contribution >= 4 is 0 Å². The summed E-state index contributed by atoms with van der Waals surface area (Å²) in [5.41, 5.74) is 0. The molecule has 2 rings (SSSR count). The van der Waals surface area contributed by atoms with E-state index in [4.69, 9.17) is 0 Å².